The van der Waals surface area contributed by atoms with Crippen LogP contribution in [0.5, 0.6) is 0 Å². The summed E-state index contributed by atoms with van der Waals surface area (Å²) in [7, 11) is 0. The Morgan fingerprint density at radius 3 is 2.86 bits per heavy atom. The number of nitrogens with zero attached hydrogens (tertiary/aromatic N) is 2. The molecule has 21 heavy (non-hydrogen) atoms. The van der Waals surface area contributed by atoms with E-state index in [-0.39, 0.29) is 0 Å². The van der Waals surface area contributed by atoms with E-state index in [1.807, 2.05) is 6.92 Å². The van der Waals surface area contributed by atoms with E-state index >= 15 is 0 Å². The van der Waals surface area contributed by atoms with E-state index in [2.05, 4.69) is 29.2 Å². The van der Waals surface area contributed by atoms with Crippen LogP contribution in [0.15, 0.2) is 12.3 Å². The van der Waals surface area contributed by atoms with Crippen LogP contribution in [-0.4, -0.2) is 35.6 Å². The Morgan fingerprint density at radius 2 is 2.14 bits per heavy atom. The smallest absolute Gasteiger partial charge is 0.0640 e. The van der Waals surface area contributed by atoms with Crippen LogP contribution in [0.25, 0.3) is 0 Å². The zero-order valence-electron chi connectivity index (χ0n) is 13.7. The first kappa shape index (κ1) is 16.5. The van der Waals surface area contributed by atoms with Gasteiger partial charge in [-0.1, -0.05) is 26.2 Å². The molecule has 2 rings (SSSR count). The second kappa shape index (κ2) is 9.21. The summed E-state index contributed by atoms with van der Waals surface area (Å²) in [5.74, 6) is 0. The van der Waals surface area contributed by atoms with Crippen LogP contribution < -0.4 is 5.32 Å². The lowest BCUT2D eigenvalue weighted by molar-refractivity contribution is 0.136. The monoisotopic (exact) mass is 293 g/mol. The normalized spacial score (nSPS) is 18.0. The Labute approximate surface area is 129 Å². The first-order valence-corrected chi connectivity index (χ1v) is 8.68. The fourth-order valence-electron chi connectivity index (χ4n) is 3.22. The van der Waals surface area contributed by atoms with Gasteiger partial charge in [-0.3, -0.25) is 4.68 Å². The largest absolute Gasteiger partial charge is 0.382 e. The number of nitrogens with one attached hydrogen (secondary N) is 1. The van der Waals surface area contributed by atoms with Gasteiger partial charge < -0.3 is 10.1 Å². The molecule has 1 aromatic rings. The molecule has 0 spiro atoms. The van der Waals surface area contributed by atoms with Gasteiger partial charge in [-0.2, -0.15) is 5.10 Å². The Bertz CT molecular complexity index is 385. The molecule has 1 unspecified atom stereocenters. The predicted octanol–water partition coefficient (Wildman–Crippen LogP) is 3.34. The van der Waals surface area contributed by atoms with Crippen LogP contribution in [-0.2, 0) is 11.2 Å². The third-order valence-corrected chi connectivity index (χ3v) is 4.38. The van der Waals surface area contributed by atoms with E-state index in [0.717, 1.165) is 32.6 Å². The summed E-state index contributed by atoms with van der Waals surface area (Å²) in [6, 6.07) is 3.30. The van der Waals surface area contributed by atoms with Gasteiger partial charge in [-0.05, 0) is 38.8 Å². The average molecular weight is 293 g/mol. The van der Waals surface area contributed by atoms with Crippen molar-refractivity contribution < 1.29 is 4.74 Å². The molecule has 4 nitrogen and oxygen atoms in total. The average Bonchev–Trinajstić information content (AvgIpc) is 2.97. The summed E-state index contributed by atoms with van der Waals surface area (Å²) in [4.78, 5) is 0. The van der Waals surface area contributed by atoms with E-state index in [1.165, 1.54) is 37.8 Å². The first-order chi connectivity index (χ1) is 10.3. The van der Waals surface area contributed by atoms with E-state index in [1.54, 1.807) is 0 Å². The van der Waals surface area contributed by atoms with Gasteiger partial charge in [0.25, 0.3) is 0 Å². The van der Waals surface area contributed by atoms with Crippen molar-refractivity contribution >= 4 is 0 Å². The minimum Gasteiger partial charge on any atom is -0.382 e. The molecular weight excluding hydrogens is 262 g/mol. The topological polar surface area (TPSA) is 39.1 Å². The van der Waals surface area contributed by atoms with Gasteiger partial charge >= 0.3 is 0 Å². The molecule has 0 amide bonds. The quantitative estimate of drug-likeness (QED) is 0.710. The lowest BCUT2D eigenvalue weighted by Gasteiger charge is -2.22. The summed E-state index contributed by atoms with van der Waals surface area (Å²) in [5.41, 5.74) is 1.21. The van der Waals surface area contributed by atoms with Crippen LogP contribution in [0, 0.1) is 0 Å². The van der Waals surface area contributed by atoms with Crippen LogP contribution in [0.1, 0.15) is 64.1 Å². The predicted molar refractivity (Wildman–Crippen MR) is 86.6 cm³/mol. The Kier molecular flexibility index (Phi) is 7.24. The molecule has 0 aliphatic heterocycles. The Hall–Kier alpha value is -0.870. The number of ether oxygens (including phenoxy) is 1. The SMILES string of the molecule is CCNC(CCOCC)Cc1ccn(C2CCCCC2)n1. The highest BCUT2D eigenvalue weighted by Crippen LogP contribution is 2.27. The van der Waals surface area contributed by atoms with Crippen molar-refractivity contribution in [2.24, 2.45) is 0 Å². The van der Waals surface area contributed by atoms with Crippen molar-refractivity contribution in [1.82, 2.24) is 15.1 Å². The number of hydrogen-bond acceptors (Lipinski definition) is 3. The molecule has 1 fully saturated rings. The van der Waals surface area contributed by atoms with Gasteiger partial charge in [-0.15, -0.1) is 0 Å². The van der Waals surface area contributed by atoms with Crippen molar-refractivity contribution in [3.63, 3.8) is 0 Å². The highest BCUT2D eigenvalue weighted by Gasteiger charge is 2.17. The van der Waals surface area contributed by atoms with E-state index < -0.39 is 0 Å². The van der Waals surface area contributed by atoms with Crippen LogP contribution >= 0.6 is 0 Å². The lowest BCUT2D eigenvalue weighted by Crippen LogP contribution is -2.32. The minimum absolute atomic E-state index is 0.469. The summed E-state index contributed by atoms with van der Waals surface area (Å²) in [6.07, 6.45) is 10.9. The van der Waals surface area contributed by atoms with E-state index in [4.69, 9.17) is 9.84 Å². The molecule has 1 N–H and O–H groups in total. The van der Waals surface area contributed by atoms with E-state index in [9.17, 15) is 0 Å². The highest BCUT2D eigenvalue weighted by atomic mass is 16.5. The lowest BCUT2D eigenvalue weighted by atomic mass is 9.96. The van der Waals surface area contributed by atoms with Crippen LogP contribution in [0.2, 0.25) is 0 Å². The highest BCUT2D eigenvalue weighted by molar-refractivity contribution is 5.02. The van der Waals surface area contributed by atoms with Crippen molar-refractivity contribution in [2.45, 2.75) is 70.9 Å². The van der Waals surface area contributed by atoms with Gasteiger partial charge in [0.2, 0.25) is 0 Å². The Balaban J connectivity index is 1.86. The molecule has 0 bridgehead atoms. The second-order valence-corrected chi connectivity index (χ2v) is 6.02. The molecule has 1 atom stereocenters. The van der Waals surface area contributed by atoms with Crippen molar-refractivity contribution in [1.29, 1.82) is 0 Å². The fourth-order valence-corrected chi connectivity index (χ4v) is 3.22. The molecule has 1 heterocycles. The maximum Gasteiger partial charge on any atom is 0.0640 e. The minimum atomic E-state index is 0.469. The molecule has 1 saturated carbocycles. The standard InChI is InChI=1S/C17H31N3O/c1-3-18-15(11-13-21-4-2)14-16-10-12-20(19-16)17-8-6-5-7-9-17/h10,12,15,17-18H,3-9,11,13-14H2,1-2H3. The zero-order chi connectivity index (χ0) is 14.9. The third kappa shape index (κ3) is 5.44. The van der Waals surface area contributed by atoms with E-state index in [0.29, 0.717) is 12.1 Å². The molecule has 1 aromatic heterocycles. The summed E-state index contributed by atoms with van der Waals surface area (Å²) in [6.45, 7) is 6.84. The van der Waals surface area contributed by atoms with Gasteiger partial charge in [0.05, 0.1) is 11.7 Å². The van der Waals surface area contributed by atoms with Gasteiger partial charge in [0, 0.05) is 31.9 Å². The number of likely N-dealkylation sites (N-methyl/N-ethyl adjacent to an activating group) is 1. The van der Waals surface area contributed by atoms with Crippen molar-refractivity contribution in [3.8, 4) is 0 Å². The first-order valence-electron chi connectivity index (χ1n) is 8.68. The van der Waals surface area contributed by atoms with Gasteiger partial charge in [-0.25, -0.2) is 0 Å². The molecular formula is C17H31N3O. The second-order valence-electron chi connectivity index (χ2n) is 6.02. The molecule has 1 aliphatic carbocycles. The van der Waals surface area contributed by atoms with Gasteiger partial charge in [0.15, 0.2) is 0 Å². The fraction of sp³-hybridized carbons (Fsp3) is 0.824. The third-order valence-electron chi connectivity index (χ3n) is 4.38. The molecule has 0 radical (unpaired) electrons. The molecule has 0 saturated heterocycles. The molecule has 120 valence electrons. The summed E-state index contributed by atoms with van der Waals surface area (Å²) >= 11 is 0. The summed E-state index contributed by atoms with van der Waals surface area (Å²) in [5, 5.41) is 8.37. The summed E-state index contributed by atoms with van der Waals surface area (Å²) < 4.78 is 7.69. The van der Waals surface area contributed by atoms with Crippen molar-refractivity contribution in [3.05, 3.63) is 18.0 Å². The molecule has 0 aromatic carbocycles. The maximum atomic E-state index is 5.48. The molecule has 1 aliphatic rings. The number of aromatic nitrogens is 2. The maximum absolute atomic E-state index is 5.48. The number of rotatable bonds is 9. The number of hydrogen-bond donors (Lipinski definition) is 1. The molecule has 4 heteroatoms. The van der Waals surface area contributed by atoms with Crippen LogP contribution in [0.4, 0.5) is 0 Å². The van der Waals surface area contributed by atoms with Crippen molar-refractivity contribution in [2.75, 3.05) is 19.8 Å². The zero-order valence-corrected chi connectivity index (χ0v) is 13.7. The van der Waals surface area contributed by atoms with Gasteiger partial charge in [0.1, 0.15) is 0 Å². The van der Waals surface area contributed by atoms with Crippen LogP contribution in [0.3, 0.4) is 0 Å². The Morgan fingerprint density at radius 1 is 1.33 bits per heavy atom.